The van der Waals surface area contributed by atoms with Crippen molar-refractivity contribution in [3.05, 3.63) is 101 Å². The molecular weight excluding hydrogens is 492 g/mol. The van der Waals surface area contributed by atoms with E-state index < -0.39 is 6.29 Å². The van der Waals surface area contributed by atoms with Gasteiger partial charge in [-0.1, -0.05) is 61.5 Å². The summed E-state index contributed by atoms with van der Waals surface area (Å²) in [5.41, 5.74) is 4.07. The number of rotatable bonds is 9. The third-order valence-corrected chi connectivity index (χ3v) is 7.85. The number of carbonyl (C=O) groups excluding carboxylic acids is 1. The van der Waals surface area contributed by atoms with Crippen molar-refractivity contribution in [3.63, 3.8) is 0 Å². The van der Waals surface area contributed by atoms with Crippen molar-refractivity contribution in [1.29, 1.82) is 0 Å². The SMILES string of the molecule is COCC1CCCN1CC1OC(c2cccc(NC(=O)c3ccccc3)c2)OC(c2ccc(CO)cc2)C1C. The molecule has 0 aromatic heterocycles. The summed E-state index contributed by atoms with van der Waals surface area (Å²) in [4.78, 5) is 15.2. The van der Waals surface area contributed by atoms with Crippen LogP contribution in [0.1, 0.15) is 59.2 Å². The van der Waals surface area contributed by atoms with Gasteiger partial charge < -0.3 is 24.6 Å². The van der Waals surface area contributed by atoms with Gasteiger partial charge in [-0.2, -0.15) is 0 Å². The Labute approximate surface area is 230 Å². The van der Waals surface area contributed by atoms with Gasteiger partial charge in [0.2, 0.25) is 0 Å². The lowest BCUT2D eigenvalue weighted by Crippen LogP contribution is -2.46. The molecule has 5 atom stereocenters. The Morgan fingerprint density at radius 2 is 1.82 bits per heavy atom. The highest BCUT2D eigenvalue weighted by Gasteiger charge is 2.40. The van der Waals surface area contributed by atoms with Crippen LogP contribution in [-0.2, 0) is 20.8 Å². The molecule has 39 heavy (non-hydrogen) atoms. The van der Waals surface area contributed by atoms with Crippen LogP contribution in [0.2, 0.25) is 0 Å². The maximum atomic E-state index is 12.8. The third-order valence-electron chi connectivity index (χ3n) is 7.85. The van der Waals surface area contributed by atoms with Gasteiger partial charge in [-0.05, 0) is 54.8 Å². The maximum absolute atomic E-state index is 12.8. The van der Waals surface area contributed by atoms with Crippen molar-refractivity contribution in [2.75, 3.05) is 32.1 Å². The molecule has 0 aliphatic carbocycles. The van der Waals surface area contributed by atoms with Gasteiger partial charge in [0.25, 0.3) is 5.91 Å². The third kappa shape index (κ3) is 6.57. The van der Waals surface area contributed by atoms with Gasteiger partial charge >= 0.3 is 0 Å². The van der Waals surface area contributed by atoms with Crippen LogP contribution in [0.4, 0.5) is 5.69 Å². The Morgan fingerprint density at radius 1 is 1.03 bits per heavy atom. The summed E-state index contributed by atoms with van der Waals surface area (Å²) < 4.78 is 18.8. The molecule has 5 unspecified atom stereocenters. The second-order valence-corrected chi connectivity index (χ2v) is 10.5. The Bertz CT molecular complexity index is 1220. The largest absolute Gasteiger partial charge is 0.392 e. The van der Waals surface area contributed by atoms with E-state index in [1.165, 1.54) is 0 Å². The van der Waals surface area contributed by atoms with Crippen LogP contribution in [0.15, 0.2) is 78.9 Å². The Morgan fingerprint density at radius 3 is 2.56 bits per heavy atom. The molecule has 2 fully saturated rings. The summed E-state index contributed by atoms with van der Waals surface area (Å²) in [5, 5.41) is 12.5. The fourth-order valence-electron chi connectivity index (χ4n) is 5.63. The first-order valence-corrected chi connectivity index (χ1v) is 13.8. The molecule has 2 heterocycles. The summed E-state index contributed by atoms with van der Waals surface area (Å²) >= 11 is 0. The van der Waals surface area contributed by atoms with Crippen molar-refractivity contribution in [2.24, 2.45) is 5.92 Å². The summed E-state index contributed by atoms with van der Waals surface area (Å²) in [6.07, 6.45) is 1.44. The van der Waals surface area contributed by atoms with Gasteiger partial charge in [0.1, 0.15) is 0 Å². The first kappa shape index (κ1) is 27.5. The standard InChI is InChI=1S/C32H38N2O5/c1-22-29(19-34-17-7-12-28(34)21-37-2)38-32(39-30(22)24-15-13-23(20-35)14-16-24)26-10-6-11-27(18-26)33-31(36)25-8-4-3-5-9-25/h3-6,8-11,13-16,18,22,28-30,32,35H,7,12,17,19-21H2,1-2H3,(H,33,36). The zero-order valence-electron chi connectivity index (χ0n) is 22.7. The average molecular weight is 531 g/mol. The van der Waals surface area contributed by atoms with Crippen LogP contribution in [0.5, 0.6) is 0 Å². The van der Waals surface area contributed by atoms with Crippen molar-refractivity contribution < 1.29 is 24.1 Å². The van der Waals surface area contributed by atoms with E-state index in [4.69, 9.17) is 14.2 Å². The van der Waals surface area contributed by atoms with Crippen molar-refractivity contribution in [3.8, 4) is 0 Å². The number of nitrogens with zero attached hydrogens (tertiary/aromatic N) is 1. The molecule has 0 radical (unpaired) electrons. The van der Waals surface area contributed by atoms with E-state index in [9.17, 15) is 9.90 Å². The van der Waals surface area contributed by atoms with Gasteiger partial charge in [0.15, 0.2) is 6.29 Å². The predicted molar refractivity (Wildman–Crippen MR) is 150 cm³/mol. The number of carbonyl (C=O) groups is 1. The summed E-state index contributed by atoms with van der Waals surface area (Å²) in [6, 6.07) is 25.2. The Hall–Kier alpha value is -3.07. The Kier molecular flexibility index (Phi) is 9.06. The molecule has 2 aliphatic rings. The molecular formula is C32H38N2O5. The lowest BCUT2D eigenvalue weighted by Gasteiger charge is -2.43. The predicted octanol–water partition coefficient (Wildman–Crippen LogP) is 5.33. The van der Waals surface area contributed by atoms with Crippen LogP contribution < -0.4 is 5.32 Å². The van der Waals surface area contributed by atoms with Crippen LogP contribution in [0, 0.1) is 5.92 Å². The number of hydrogen-bond acceptors (Lipinski definition) is 6. The van der Waals surface area contributed by atoms with E-state index in [2.05, 4.69) is 17.1 Å². The smallest absolute Gasteiger partial charge is 0.255 e. The van der Waals surface area contributed by atoms with Crippen LogP contribution in [0.25, 0.3) is 0 Å². The van der Waals surface area contributed by atoms with Gasteiger partial charge in [-0.3, -0.25) is 9.69 Å². The first-order valence-electron chi connectivity index (χ1n) is 13.8. The van der Waals surface area contributed by atoms with E-state index in [0.717, 1.165) is 49.2 Å². The molecule has 2 saturated heterocycles. The molecule has 0 spiro atoms. The highest BCUT2D eigenvalue weighted by Crippen LogP contribution is 2.42. The number of methoxy groups -OCH3 is 1. The van der Waals surface area contributed by atoms with E-state index in [-0.39, 0.29) is 30.6 Å². The van der Waals surface area contributed by atoms with Crippen molar-refractivity contribution in [2.45, 2.75) is 50.9 Å². The maximum Gasteiger partial charge on any atom is 0.255 e. The van der Waals surface area contributed by atoms with E-state index >= 15 is 0 Å². The average Bonchev–Trinajstić information content (AvgIpc) is 3.41. The molecule has 0 bridgehead atoms. The lowest BCUT2D eigenvalue weighted by atomic mass is 9.90. The second kappa shape index (κ2) is 12.9. The number of hydrogen-bond donors (Lipinski definition) is 2. The van der Waals surface area contributed by atoms with E-state index in [1.807, 2.05) is 66.7 Å². The molecule has 2 N–H and O–H groups in total. The topological polar surface area (TPSA) is 80.3 Å². The number of nitrogens with one attached hydrogen (secondary N) is 1. The number of aliphatic hydroxyl groups is 1. The van der Waals surface area contributed by atoms with Crippen LogP contribution >= 0.6 is 0 Å². The normalized spacial score (nSPS) is 25.5. The van der Waals surface area contributed by atoms with Gasteiger partial charge in [0, 0.05) is 42.4 Å². The quantitative estimate of drug-likeness (QED) is 0.389. The second-order valence-electron chi connectivity index (χ2n) is 10.5. The summed E-state index contributed by atoms with van der Waals surface area (Å²) in [6.45, 7) is 4.74. The number of benzene rings is 3. The molecule has 7 nitrogen and oxygen atoms in total. The van der Waals surface area contributed by atoms with Gasteiger partial charge in [0.05, 0.1) is 25.4 Å². The molecule has 3 aromatic carbocycles. The fourth-order valence-corrected chi connectivity index (χ4v) is 5.63. The monoisotopic (exact) mass is 530 g/mol. The molecule has 1 amide bonds. The van der Waals surface area contributed by atoms with Gasteiger partial charge in [-0.25, -0.2) is 0 Å². The highest BCUT2D eigenvalue weighted by molar-refractivity contribution is 6.04. The highest BCUT2D eigenvalue weighted by atomic mass is 16.7. The van der Waals surface area contributed by atoms with E-state index in [1.54, 1.807) is 19.2 Å². The number of ether oxygens (including phenoxy) is 3. The number of anilines is 1. The minimum absolute atomic E-state index is 0.00700. The minimum Gasteiger partial charge on any atom is -0.392 e. The van der Waals surface area contributed by atoms with Crippen molar-refractivity contribution in [1.82, 2.24) is 4.90 Å². The molecule has 7 heteroatoms. The van der Waals surface area contributed by atoms with Gasteiger partial charge in [-0.15, -0.1) is 0 Å². The van der Waals surface area contributed by atoms with E-state index in [0.29, 0.717) is 17.3 Å². The van der Waals surface area contributed by atoms with Crippen molar-refractivity contribution >= 4 is 11.6 Å². The van der Waals surface area contributed by atoms with Crippen LogP contribution in [-0.4, -0.2) is 54.9 Å². The summed E-state index contributed by atoms with van der Waals surface area (Å²) in [5.74, 6) is -0.0595. The number of aliphatic hydroxyl groups excluding tert-OH is 1. The summed E-state index contributed by atoms with van der Waals surface area (Å²) in [7, 11) is 1.76. The molecule has 2 aliphatic heterocycles. The Balaban J connectivity index is 1.39. The zero-order chi connectivity index (χ0) is 27.2. The lowest BCUT2D eigenvalue weighted by molar-refractivity contribution is -0.276. The first-order chi connectivity index (χ1) is 19.1. The molecule has 3 aromatic rings. The fraction of sp³-hybridized carbons (Fsp3) is 0.406. The minimum atomic E-state index is -0.592. The number of amides is 1. The zero-order valence-corrected chi connectivity index (χ0v) is 22.7. The molecule has 206 valence electrons. The molecule has 5 rings (SSSR count). The molecule has 0 saturated carbocycles. The number of likely N-dealkylation sites (tertiary alicyclic amines) is 1. The van der Waals surface area contributed by atoms with Crippen LogP contribution in [0.3, 0.4) is 0 Å².